The summed E-state index contributed by atoms with van der Waals surface area (Å²) in [5.41, 5.74) is 7.42. The van der Waals surface area contributed by atoms with E-state index in [1.165, 1.54) is 6.07 Å². The highest BCUT2D eigenvalue weighted by Gasteiger charge is 2.35. The Bertz CT molecular complexity index is 786. The van der Waals surface area contributed by atoms with Gasteiger partial charge in [0, 0.05) is 22.1 Å². The van der Waals surface area contributed by atoms with Crippen LogP contribution in [0.4, 0.5) is 13.6 Å². The smallest absolute Gasteiger partial charge is 0.419 e. The molecule has 0 saturated heterocycles. The fourth-order valence-corrected chi connectivity index (χ4v) is 2.14. The van der Waals surface area contributed by atoms with Crippen molar-refractivity contribution in [3.8, 4) is 0 Å². The van der Waals surface area contributed by atoms with E-state index < -0.39 is 24.2 Å². The Labute approximate surface area is 131 Å². The van der Waals surface area contributed by atoms with Gasteiger partial charge in [0.1, 0.15) is 5.60 Å². The molecule has 2 rings (SSSR count). The lowest BCUT2D eigenvalue weighted by molar-refractivity contribution is 0.00745. The molecule has 0 amide bonds. The number of fused-ring (bicyclic) bond motifs is 1. The summed E-state index contributed by atoms with van der Waals surface area (Å²) in [6.45, 7) is 4.04. The minimum Gasteiger partial charge on any atom is -0.443 e. The van der Waals surface area contributed by atoms with E-state index in [0.29, 0.717) is 5.52 Å². The van der Waals surface area contributed by atoms with Crippen molar-refractivity contribution in [2.75, 3.05) is 6.54 Å². The Morgan fingerprint density at radius 1 is 1.35 bits per heavy atom. The van der Waals surface area contributed by atoms with Crippen LogP contribution in [0.2, 0.25) is 0 Å². The molecule has 1 heterocycles. The molecule has 2 aromatic rings. The Kier molecular flexibility index (Phi) is 4.29. The number of rotatable bonds is 3. The standard InChI is InChI=1S/C15H16F2N4O2/c1-14(2,3)23-13(22)21-8-11(15(16,17)9-19-20-18)10-6-4-5-7-12(10)21/h4-8H,9H2,1-3H3. The zero-order chi connectivity index (χ0) is 17.3. The van der Waals surface area contributed by atoms with Crippen molar-refractivity contribution < 1.29 is 18.3 Å². The Balaban J connectivity index is 2.57. The van der Waals surface area contributed by atoms with Crippen LogP contribution in [0, 0.1) is 0 Å². The fourth-order valence-electron chi connectivity index (χ4n) is 2.14. The van der Waals surface area contributed by atoms with Crippen molar-refractivity contribution in [1.29, 1.82) is 0 Å². The van der Waals surface area contributed by atoms with Gasteiger partial charge < -0.3 is 4.74 Å². The van der Waals surface area contributed by atoms with Crippen LogP contribution in [0.5, 0.6) is 0 Å². The van der Waals surface area contributed by atoms with Crippen molar-refractivity contribution in [2.45, 2.75) is 32.3 Å². The zero-order valence-electron chi connectivity index (χ0n) is 13.0. The number of benzene rings is 1. The molecule has 1 aromatic carbocycles. The van der Waals surface area contributed by atoms with Gasteiger partial charge in [0.25, 0.3) is 5.92 Å². The predicted molar refractivity (Wildman–Crippen MR) is 81.5 cm³/mol. The number of ether oxygens (including phenoxy) is 1. The average Bonchev–Trinajstić information content (AvgIpc) is 2.84. The summed E-state index contributed by atoms with van der Waals surface area (Å²) in [7, 11) is 0. The number of hydrogen-bond acceptors (Lipinski definition) is 3. The van der Waals surface area contributed by atoms with Gasteiger partial charge in [0.15, 0.2) is 0 Å². The topological polar surface area (TPSA) is 80.0 Å². The van der Waals surface area contributed by atoms with E-state index >= 15 is 0 Å². The summed E-state index contributed by atoms with van der Waals surface area (Å²) in [5.74, 6) is -3.39. The van der Waals surface area contributed by atoms with Crippen LogP contribution in [0.15, 0.2) is 35.6 Å². The van der Waals surface area contributed by atoms with Gasteiger partial charge in [-0.15, -0.1) is 0 Å². The Hall–Kier alpha value is -2.60. The highest BCUT2D eigenvalue weighted by molar-refractivity contribution is 5.92. The lowest BCUT2D eigenvalue weighted by Crippen LogP contribution is -2.26. The fraction of sp³-hybridized carbons (Fsp3) is 0.400. The normalized spacial score (nSPS) is 12.0. The van der Waals surface area contributed by atoms with E-state index in [2.05, 4.69) is 10.0 Å². The summed E-state index contributed by atoms with van der Waals surface area (Å²) in [4.78, 5) is 14.6. The minimum atomic E-state index is -3.39. The minimum absolute atomic E-state index is 0.205. The van der Waals surface area contributed by atoms with Crippen LogP contribution in [0.25, 0.3) is 21.3 Å². The third kappa shape index (κ3) is 3.60. The van der Waals surface area contributed by atoms with Gasteiger partial charge in [-0.2, -0.15) is 0 Å². The van der Waals surface area contributed by atoms with Gasteiger partial charge in [-0.1, -0.05) is 23.3 Å². The van der Waals surface area contributed by atoms with E-state index in [-0.39, 0.29) is 10.9 Å². The van der Waals surface area contributed by atoms with Gasteiger partial charge >= 0.3 is 6.09 Å². The highest BCUT2D eigenvalue weighted by Crippen LogP contribution is 2.35. The molecule has 0 spiro atoms. The number of aromatic nitrogens is 1. The maximum atomic E-state index is 14.3. The SMILES string of the molecule is CC(C)(C)OC(=O)n1cc(C(F)(F)CN=[N+]=[N-])c2ccccc21. The molecule has 1 aromatic heterocycles. The highest BCUT2D eigenvalue weighted by atomic mass is 19.3. The first-order chi connectivity index (χ1) is 10.7. The Morgan fingerprint density at radius 3 is 2.61 bits per heavy atom. The molecule has 0 bridgehead atoms. The van der Waals surface area contributed by atoms with Gasteiger partial charge in [-0.05, 0) is 32.4 Å². The summed E-state index contributed by atoms with van der Waals surface area (Å²) >= 11 is 0. The van der Waals surface area contributed by atoms with Crippen LogP contribution in [0.3, 0.4) is 0 Å². The van der Waals surface area contributed by atoms with Gasteiger partial charge in [-0.25, -0.2) is 13.6 Å². The predicted octanol–water partition coefficient (Wildman–Crippen LogP) is 4.83. The molecule has 0 aliphatic carbocycles. The molecule has 0 aliphatic heterocycles. The van der Waals surface area contributed by atoms with Crippen molar-refractivity contribution in [3.63, 3.8) is 0 Å². The van der Waals surface area contributed by atoms with E-state index in [0.717, 1.165) is 10.8 Å². The van der Waals surface area contributed by atoms with Crippen molar-refractivity contribution in [2.24, 2.45) is 5.11 Å². The molecule has 23 heavy (non-hydrogen) atoms. The van der Waals surface area contributed by atoms with Gasteiger partial charge in [0.2, 0.25) is 0 Å². The quantitative estimate of drug-likeness (QED) is 0.461. The summed E-state index contributed by atoms with van der Waals surface area (Å²) in [6, 6.07) is 6.26. The molecule has 0 atom stereocenters. The summed E-state index contributed by atoms with van der Waals surface area (Å²) in [6.07, 6.45) is 0.283. The van der Waals surface area contributed by atoms with Crippen molar-refractivity contribution in [3.05, 3.63) is 46.5 Å². The number of carbonyl (C=O) groups is 1. The van der Waals surface area contributed by atoms with E-state index in [1.807, 2.05) is 0 Å². The molecule has 6 nitrogen and oxygen atoms in total. The van der Waals surface area contributed by atoms with Crippen LogP contribution >= 0.6 is 0 Å². The average molecular weight is 322 g/mol. The molecule has 0 saturated carbocycles. The number of para-hydroxylation sites is 1. The molecular weight excluding hydrogens is 306 g/mol. The maximum Gasteiger partial charge on any atom is 0.419 e. The molecule has 8 heteroatoms. The van der Waals surface area contributed by atoms with Crippen LogP contribution in [-0.4, -0.2) is 22.8 Å². The second-order valence-corrected chi connectivity index (χ2v) is 6.00. The van der Waals surface area contributed by atoms with Crippen LogP contribution < -0.4 is 0 Å². The first-order valence-electron chi connectivity index (χ1n) is 6.88. The van der Waals surface area contributed by atoms with Crippen LogP contribution in [-0.2, 0) is 10.7 Å². The summed E-state index contributed by atoms with van der Waals surface area (Å²) in [5, 5.41) is 3.15. The second-order valence-electron chi connectivity index (χ2n) is 6.00. The zero-order valence-corrected chi connectivity index (χ0v) is 13.0. The third-order valence-electron chi connectivity index (χ3n) is 3.03. The molecule has 0 N–H and O–H groups in total. The molecule has 0 unspecified atom stereocenters. The molecule has 0 fully saturated rings. The maximum absolute atomic E-state index is 14.3. The van der Waals surface area contributed by atoms with E-state index in [9.17, 15) is 13.6 Å². The van der Waals surface area contributed by atoms with E-state index in [1.54, 1.807) is 39.0 Å². The molecule has 0 aliphatic rings. The number of hydrogen-bond donors (Lipinski definition) is 0. The largest absolute Gasteiger partial charge is 0.443 e. The monoisotopic (exact) mass is 322 g/mol. The second kappa shape index (κ2) is 5.89. The van der Waals surface area contributed by atoms with Gasteiger partial charge in [-0.3, -0.25) is 4.57 Å². The first kappa shape index (κ1) is 16.8. The number of nitrogens with zero attached hydrogens (tertiary/aromatic N) is 4. The number of azide groups is 1. The summed E-state index contributed by atoms with van der Waals surface area (Å²) < 4.78 is 34.8. The van der Waals surface area contributed by atoms with Gasteiger partial charge in [0.05, 0.1) is 12.1 Å². The van der Waals surface area contributed by atoms with E-state index in [4.69, 9.17) is 10.3 Å². The molecular formula is C15H16F2N4O2. The molecule has 122 valence electrons. The number of halogens is 2. The molecule has 0 radical (unpaired) electrons. The Morgan fingerprint density at radius 2 is 2.00 bits per heavy atom. The lowest BCUT2D eigenvalue weighted by Gasteiger charge is -2.19. The van der Waals surface area contributed by atoms with Crippen LogP contribution in [0.1, 0.15) is 26.3 Å². The number of carbonyl (C=O) groups excluding carboxylic acids is 1. The first-order valence-corrected chi connectivity index (χ1v) is 6.88. The van der Waals surface area contributed by atoms with Crippen molar-refractivity contribution in [1.82, 2.24) is 4.57 Å². The van der Waals surface area contributed by atoms with Crippen molar-refractivity contribution >= 4 is 17.0 Å². The lowest BCUT2D eigenvalue weighted by atomic mass is 10.1. The number of alkyl halides is 2. The third-order valence-corrected chi connectivity index (χ3v) is 3.03.